The zero-order chi connectivity index (χ0) is 15.2. The summed E-state index contributed by atoms with van der Waals surface area (Å²) in [5.41, 5.74) is 1.12. The van der Waals surface area contributed by atoms with Crippen molar-refractivity contribution in [1.82, 2.24) is 9.55 Å². The number of carboxylic acids is 1. The minimum Gasteiger partial charge on any atom is -0.496 e. The number of nitrogens with zero attached hydrogens (tertiary/aromatic N) is 2. The molecule has 0 bridgehead atoms. The van der Waals surface area contributed by atoms with Crippen LogP contribution in [-0.4, -0.2) is 27.7 Å². The SMILES string of the molecule is COc1ccc(C=CC(=O)O)cc1Cn1cccnc1=O. The van der Waals surface area contributed by atoms with Crippen molar-refractivity contribution in [3.63, 3.8) is 0 Å². The number of methoxy groups -OCH3 is 1. The first-order valence-corrected chi connectivity index (χ1v) is 6.19. The number of carbonyl (C=O) groups is 1. The summed E-state index contributed by atoms with van der Waals surface area (Å²) >= 11 is 0. The Morgan fingerprint density at radius 3 is 2.95 bits per heavy atom. The van der Waals surface area contributed by atoms with Crippen LogP contribution in [0.25, 0.3) is 6.08 Å². The second-order valence-electron chi connectivity index (χ2n) is 4.27. The monoisotopic (exact) mass is 286 g/mol. The van der Waals surface area contributed by atoms with Crippen LogP contribution in [0.15, 0.2) is 47.5 Å². The third-order valence-corrected chi connectivity index (χ3v) is 2.85. The first-order valence-electron chi connectivity index (χ1n) is 6.19. The van der Waals surface area contributed by atoms with Crippen LogP contribution in [0.4, 0.5) is 0 Å². The van der Waals surface area contributed by atoms with E-state index in [4.69, 9.17) is 9.84 Å². The Bertz CT molecular complexity index is 734. The maximum absolute atomic E-state index is 11.6. The van der Waals surface area contributed by atoms with Crippen LogP contribution in [0.1, 0.15) is 11.1 Å². The summed E-state index contributed by atoms with van der Waals surface area (Å²) in [5.74, 6) is -0.394. The van der Waals surface area contributed by atoms with E-state index in [9.17, 15) is 9.59 Å². The van der Waals surface area contributed by atoms with Crippen molar-refractivity contribution in [2.75, 3.05) is 7.11 Å². The largest absolute Gasteiger partial charge is 0.496 e. The predicted molar refractivity (Wildman–Crippen MR) is 77.3 cm³/mol. The molecule has 6 heteroatoms. The van der Waals surface area contributed by atoms with Gasteiger partial charge in [0.25, 0.3) is 0 Å². The van der Waals surface area contributed by atoms with Gasteiger partial charge in [0, 0.05) is 24.0 Å². The summed E-state index contributed by atoms with van der Waals surface area (Å²) in [4.78, 5) is 25.9. The molecule has 0 spiro atoms. The number of rotatable bonds is 5. The maximum Gasteiger partial charge on any atom is 0.347 e. The number of hydrogen-bond donors (Lipinski definition) is 1. The number of aromatic nitrogens is 2. The lowest BCUT2D eigenvalue weighted by atomic mass is 10.1. The van der Waals surface area contributed by atoms with Gasteiger partial charge in [0.15, 0.2) is 0 Å². The highest BCUT2D eigenvalue weighted by molar-refractivity contribution is 5.85. The Balaban J connectivity index is 2.36. The van der Waals surface area contributed by atoms with Crippen LogP contribution in [-0.2, 0) is 11.3 Å². The van der Waals surface area contributed by atoms with Crippen molar-refractivity contribution in [3.8, 4) is 5.75 Å². The quantitative estimate of drug-likeness (QED) is 0.840. The fraction of sp³-hybridized carbons (Fsp3) is 0.133. The van der Waals surface area contributed by atoms with Gasteiger partial charge in [-0.05, 0) is 29.8 Å². The van der Waals surface area contributed by atoms with Crippen molar-refractivity contribution >= 4 is 12.0 Å². The summed E-state index contributed by atoms with van der Waals surface area (Å²) in [6.07, 6.45) is 5.61. The molecule has 108 valence electrons. The minimum absolute atomic E-state index is 0.296. The molecule has 0 radical (unpaired) electrons. The lowest BCUT2D eigenvalue weighted by Crippen LogP contribution is -2.22. The molecule has 0 saturated carbocycles. The molecule has 0 aliphatic rings. The smallest absolute Gasteiger partial charge is 0.347 e. The van der Waals surface area contributed by atoms with Crippen molar-refractivity contribution in [2.24, 2.45) is 0 Å². The molecule has 0 aliphatic carbocycles. The molecular weight excluding hydrogens is 272 g/mol. The molecule has 2 rings (SSSR count). The topological polar surface area (TPSA) is 81.4 Å². The Labute approximate surface area is 121 Å². The zero-order valence-electron chi connectivity index (χ0n) is 11.4. The third-order valence-electron chi connectivity index (χ3n) is 2.85. The molecule has 0 amide bonds. The van der Waals surface area contributed by atoms with E-state index in [0.29, 0.717) is 17.9 Å². The maximum atomic E-state index is 11.6. The molecular formula is C15H14N2O4. The second kappa shape index (κ2) is 6.51. The van der Waals surface area contributed by atoms with Crippen molar-refractivity contribution < 1.29 is 14.6 Å². The molecule has 6 nitrogen and oxygen atoms in total. The van der Waals surface area contributed by atoms with E-state index in [0.717, 1.165) is 11.6 Å². The van der Waals surface area contributed by atoms with Gasteiger partial charge in [-0.3, -0.25) is 4.57 Å². The summed E-state index contributed by atoms with van der Waals surface area (Å²) in [7, 11) is 1.54. The molecule has 0 saturated heterocycles. The lowest BCUT2D eigenvalue weighted by Gasteiger charge is -2.10. The first-order chi connectivity index (χ1) is 10.1. The second-order valence-corrected chi connectivity index (χ2v) is 4.27. The van der Waals surface area contributed by atoms with E-state index in [-0.39, 0.29) is 5.69 Å². The lowest BCUT2D eigenvalue weighted by molar-refractivity contribution is -0.131. The van der Waals surface area contributed by atoms with Crippen LogP contribution in [0, 0.1) is 0 Å². The Hall–Kier alpha value is -2.89. The highest BCUT2D eigenvalue weighted by Crippen LogP contribution is 2.21. The standard InChI is InChI=1S/C15H14N2O4/c1-21-13-5-3-11(4-6-14(18)19)9-12(13)10-17-8-2-7-16-15(17)20/h2-9H,10H2,1H3,(H,18,19). The van der Waals surface area contributed by atoms with Gasteiger partial charge in [-0.25, -0.2) is 14.6 Å². The Kier molecular flexibility index (Phi) is 4.50. The summed E-state index contributed by atoms with van der Waals surface area (Å²) in [6.45, 7) is 0.296. The van der Waals surface area contributed by atoms with Crippen LogP contribution in [0.5, 0.6) is 5.75 Å². The van der Waals surface area contributed by atoms with E-state index < -0.39 is 5.97 Å². The van der Waals surface area contributed by atoms with Gasteiger partial charge in [0.05, 0.1) is 13.7 Å². The van der Waals surface area contributed by atoms with Crippen molar-refractivity contribution in [1.29, 1.82) is 0 Å². The number of carboxylic acid groups (broad SMARTS) is 1. The van der Waals surface area contributed by atoms with Crippen LogP contribution in [0.3, 0.4) is 0 Å². The van der Waals surface area contributed by atoms with Crippen LogP contribution in [0.2, 0.25) is 0 Å². The molecule has 0 unspecified atom stereocenters. The van der Waals surface area contributed by atoms with E-state index >= 15 is 0 Å². The van der Waals surface area contributed by atoms with E-state index in [1.807, 2.05) is 0 Å². The molecule has 0 atom stereocenters. The van der Waals surface area contributed by atoms with Gasteiger partial charge in [-0.2, -0.15) is 0 Å². The molecule has 1 N–H and O–H groups in total. The fourth-order valence-corrected chi connectivity index (χ4v) is 1.88. The third kappa shape index (κ3) is 3.79. The molecule has 1 heterocycles. The van der Waals surface area contributed by atoms with Crippen molar-refractivity contribution in [3.05, 3.63) is 64.3 Å². The van der Waals surface area contributed by atoms with Gasteiger partial charge in [0.1, 0.15) is 5.75 Å². The predicted octanol–water partition coefficient (Wildman–Crippen LogP) is 1.40. The average molecular weight is 286 g/mol. The molecule has 1 aromatic heterocycles. The van der Waals surface area contributed by atoms with Gasteiger partial charge >= 0.3 is 11.7 Å². The van der Waals surface area contributed by atoms with E-state index in [2.05, 4.69) is 4.98 Å². The van der Waals surface area contributed by atoms with Gasteiger partial charge < -0.3 is 9.84 Å². The van der Waals surface area contributed by atoms with Crippen molar-refractivity contribution in [2.45, 2.75) is 6.54 Å². The minimum atomic E-state index is -1.02. The highest BCUT2D eigenvalue weighted by atomic mass is 16.5. The van der Waals surface area contributed by atoms with Crippen LogP contribution < -0.4 is 10.4 Å². The Morgan fingerprint density at radius 2 is 2.29 bits per heavy atom. The molecule has 2 aromatic rings. The number of benzene rings is 1. The van der Waals surface area contributed by atoms with E-state index in [1.165, 1.54) is 23.9 Å². The number of ether oxygens (including phenoxy) is 1. The normalized spacial score (nSPS) is 10.7. The van der Waals surface area contributed by atoms with Gasteiger partial charge in [-0.1, -0.05) is 6.07 Å². The highest BCUT2D eigenvalue weighted by Gasteiger charge is 2.06. The Morgan fingerprint density at radius 1 is 1.48 bits per heavy atom. The first kappa shape index (κ1) is 14.5. The summed E-state index contributed by atoms with van der Waals surface area (Å²) in [5, 5.41) is 8.65. The summed E-state index contributed by atoms with van der Waals surface area (Å²) < 4.78 is 6.71. The molecule has 1 aromatic carbocycles. The number of hydrogen-bond acceptors (Lipinski definition) is 4. The summed E-state index contributed by atoms with van der Waals surface area (Å²) in [6, 6.07) is 6.92. The zero-order valence-corrected chi connectivity index (χ0v) is 11.4. The van der Waals surface area contributed by atoms with Gasteiger partial charge in [-0.15, -0.1) is 0 Å². The van der Waals surface area contributed by atoms with Gasteiger partial charge in [0.2, 0.25) is 0 Å². The number of aliphatic carboxylic acids is 1. The van der Waals surface area contributed by atoms with E-state index in [1.54, 1.807) is 30.5 Å². The molecule has 21 heavy (non-hydrogen) atoms. The molecule has 0 fully saturated rings. The van der Waals surface area contributed by atoms with Crippen LogP contribution >= 0.6 is 0 Å². The average Bonchev–Trinajstić information content (AvgIpc) is 2.47. The molecule has 0 aliphatic heterocycles. The fourth-order valence-electron chi connectivity index (χ4n) is 1.88.